The minimum absolute atomic E-state index is 0. The average Bonchev–Trinajstić information content (AvgIpc) is 3.15. The first-order chi connectivity index (χ1) is 13.0. The zero-order valence-electron chi connectivity index (χ0n) is 18.1. The van der Waals surface area contributed by atoms with Crippen molar-refractivity contribution in [2.45, 2.75) is 67.2 Å². The predicted octanol–water partition coefficient (Wildman–Crippen LogP) is 2.62. The van der Waals surface area contributed by atoms with Crippen LogP contribution in [0.3, 0.4) is 0 Å². The summed E-state index contributed by atoms with van der Waals surface area (Å²) < 4.78 is 4.63. The molecule has 28 heavy (non-hydrogen) atoms. The number of hydrogen-bond acceptors (Lipinski definition) is 0. The van der Waals surface area contributed by atoms with E-state index >= 15 is 0 Å². The Kier molecular flexibility index (Phi) is 7.48. The molecule has 0 saturated carbocycles. The van der Waals surface area contributed by atoms with E-state index in [1.807, 2.05) is 0 Å². The van der Waals surface area contributed by atoms with Crippen LogP contribution in [-0.4, -0.2) is 4.57 Å². The van der Waals surface area contributed by atoms with Gasteiger partial charge in [0.1, 0.15) is 23.8 Å². The van der Waals surface area contributed by atoms with Crippen molar-refractivity contribution in [3.63, 3.8) is 0 Å². The number of rotatable bonds is 6. The van der Waals surface area contributed by atoms with Gasteiger partial charge in [0.25, 0.3) is 6.33 Å². The molecule has 0 amide bonds. The van der Waals surface area contributed by atoms with Crippen molar-refractivity contribution in [3.8, 4) is 11.4 Å². The maximum atomic E-state index is 2.33. The van der Waals surface area contributed by atoms with E-state index < -0.39 is 0 Å². The minimum atomic E-state index is 0. The fourth-order valence-corrected chi connectivity index (χ4v) is 4.23. The fraction of sp³-hybridized carbons (Fsp3) is 0.400. The van der Waals surface area contributed by atoms with Crippen molar-refractivity contribution < 1.29 is 17.0 Å². The lowest BCUT2D eigenvalue weighted by atomic mass is 9.99. The molecule has 150 valence electrons. The zero-order valence-corrected chi connectivity index (χ0v) is 18.9. The van der Waals surface area contributed by atoms with Gasteiger partial charge in [0, 0.05) is 0 Å². The SMILES string of the molecule is CCc1cc(C)cc(CC)c1-n1cc[n+](-c2c(CC)cc(C)cc2CC)c1.[Cl-]. The van der Waals surface area contributed by atoms with Crippen LogP contribution in [0.25, 0.3) is 11.4 Å². The number of aryl methyl sites for hydroxylation is 6. The topological polar surface area (TPSA) is 8.81 Å². The van der Waals surface area contributed by atoms with E-state index in [1.54, 1.807) is 0 Å². The second-order valence-corrected chi connectivity index (χ2v) is 7.51. The Labute approximate surface area is 176 Å². The standard InChI is InChI=1S/C25H33N2.ClH/c1-7-20-13-18(5)14-21(8-2)24(20)26-11-12-27(17-26)25-22(9-3)15-19(6)16-23(25)10-4;/h11-17H,7-10H2,1-6H3;1H/q+1;/p-1. The van der Waals surface area contributed by atoms with Gasteiger partial charge in [0.05, 0.1) is 0 Å². The summed E-state index contributed by atoms with van der Waals surface area (Å²) >= 11 is 0. The van der Waals surface area contributed by atoms with Crippen LogP contribution in [0.4, 0.5) is 0 Å². The number of imidazole rings is 1. The second-order valence-electron chi connectivity index (χ2n) is 7.51. The van der Waals surface area contributed by atoms with Gasteiger partial charge in [-0.15, -0.1) is 0 Å². The summed E-state index contributed by atoms with van der Waals surface area (Å²) in [6, 6.07) is 9.33. The highest BCUT2D eigenvalue weighted by Gasteiger charge is 2.19. The Hall–Kier alpha value is -2.06. The molecule has 0 N–H and O–H groups in total. The third kappa shape index (κ3) is 4.17. The highest BCUT2D eigenvalue weighted by atomic mass is 35.5. The maximum Gasteiger partial charge on any atom is 0.254 e. The summed E-state index contributed by atoms with van der Waals surface area (Å²) in [5.74, 6) is 0. The van der Waals surface area contributed by atoms with E-state index in [2.05, 4.69) is 93.7 Å². The van der Waals surface area contributed by atoms with Crippen LogP contribution in [0.5, 0.6) is 0 Å². The molecule has 3 rings (SSSR count). The van der Waals surface area contributed by atoms with Gasteiger partial charge in [-0.05, 0) is 61.8 Å². The highest BCUT2D eigenvalue weighted by molar-refractivity contribution is 5.51. The first kappa shape index (κ1) is 22.2. The molecule has 0 bridgehead atoms. The van der Waals surface area contributed by atoms with Crippen LogP contribution in [-0.2, 0) is 25.7 Å². The summed E-state index contributed by atoms with van der Waals surface area (Å²) in [5.41, 5.74) is 11.1. The lowest BCUT2D eigenvalue weighted by Crippen LogP contribution is -3.00. The molecule has 0 aliphatic carbocycles. The van der Waals surface area contributed by atoms with Crippen LogP contribution in [0, 0.1) is 13.8 Å². The molecular formula is C25H33ClN2. The smallest absolute Gasteiger partial charge is 0.254 e. The van der Waals surface area contributed by atoms with Crippen molar-refractivity contribution >= 4 is 0 Å². The molecule has 3 heteroatoms. The van der Waals surface area contributed by atoms with Crippen molar-refractivity contribution in [2.75, 3.05) is 0 Å². The molecule has 0 aliphatic rings. The van der Waals surface area contributed by atoms with E-state index in [9.17, 15) is 0 Å². The monoisotopic (exact) mass is 396 g/mol. The molecule has 0 atom stereocenters. The van der Waals surface area contributed by atoms with Crippen LogP contribution in [0.2, 0.25) is 0 Å². The molecular weight excluding hydrogens is 364 g/mol. The molecule has 0 unspecified atom stereocenters. The zero-order chi connectivity index (χ0) is 19.6. The lowest BCUT2D eigenvalue weighted by molar-refractivity contribution is -0.595. The Balaban J connectivity index is 0.00000280. The number of hydrogen-bond donors (Lipinski definition) is 0. The van der Waals surface area contributed by atoms with Gasteiger partial charge in [0.15, 0.2) is 0 Å². The van der Waals surface area contributed by atoms with Crippen molar-refractivity contribution in [3.05, 3.63) is 76.4 Å². The molecule has 2 nitrogen and oxygen atoms in total. The average molecular weight is 397 g/mol. The Morgan fingerprint density at radius 3 is 1.57 bits per heavy atom. The van der Waals surface area contributed by atoms with Crippen molar-refractivity contribution in [2.24, 2.45) is 0 Å². The summed E-state index contributed by atoms with van der Waals surface area (Å²) in [4.78, 5) is 0. The molecule has 1 aromatic heterocycles. The van der Waals surface area contributed by atoms with Crippen molar-refractivity contribution in [1.82, 2.24) is 4.57 Å². The molecule has 0 spiro atoms. The Morgan fingerprint density at radius 2 is 1.14 bits per heavy atom. The Bertz CT molecular complexity index is 827. The summed E-state index contributed by atoms with van der Waals surface area (Å²) in [5, 5.41) is 0. The van der Waals surface area contributed by atoms with Crippen LogP contribution >= 0.6 is 0 Å². The molecule has 1 heterocycles. The number of benzene rings is 2. The fourth-order valence-electron chi connectivity index (χ4n) is 4.23. The van der Waals surface area contributed by atoms with E-state index in [1.165, 1.54) is 44.8 Å². The van der Waals surface area contributed by atoms with E-state index in [0.29, 0.717) is 0 Å². The Morgan fingerprint density at radius 1 is 0.714 bits per heavy atom. The van der Waals surface area contributed by atoms with Gasteiger partial charge in [-0.3, -0.25) is 0 Å². The van der Waals surface area contributed by atoms with Gasteiger partial charge >= 0.3 is 0 Å². The van der Waals surface area contributed by atoms with Crippen LogP contribution in [0.15, 0.2) is 43.0 Å². The molecule has 2 aromatic carbocycles. The minimum Gasteiger partial charge on any atom is -1.00 e. The summed E-state index contributed by atoms with van der Waals surface area (Å²) in [6.07, 6.45) is 10.9. The summed E-state index contributed by atoms with van der Waals surface area (Å²) in [7, 11) is 0. The summed E-state index contributed by atoms with van der Waals surface area (Å²) in [6.45, 7) is 13.4. The van der Waals surface area contributed by atoms with Crippen LogP contribution in [0.1, 0.15) is 61.1 Å². The first-order valence-corrected chi connectivity index (χ1v) is 10.4. The van der Waals surface area contributed by atoms with Gasteiger partial charge in [0.2, 0.25) is 0 Å². The largest absolute Gasteiger partial charge is 1.00 e. The van der Waals surface area contributed by atoms with Gasteiger partial charge in [-0.25, -0.2) is 9.13 Å². The third-order valence-corrected chi connectivity index (χ3v) is 5.50. The van der Waals surface area contributed by atoms with Crippen LogP contribution < -0.4 is 17.0 Å². The number of halogens is 1. The third-order valence-electron chi connectivity index (χ3n) is 5.50. The normalized spacial score (nSPS) is 10.8. The number of nitrogens with zero attached hydrogens (tertiary/aromatic N) is 2. The van der Waals surface area contributed by atoms with E-state index in [4.69, 9.17) is 0 Å². The quantitative estimate of drug-likeness (QED) is 0.566. The van der Waals surface area contributed by atoms with Gasteiger partial charge < -0.3 is 12.4 Å². The van der Waals surface area contributed by atoms with E-state index in [0.717, 1.165) is 25.7 Å². The van der Waals surface area contributed by atoms with E-state index in [-0.39, 0.29) is 12.4 Å². The lowest BCUT2D eigenvalue weighted by Gasteiger charge is -2.12. The molecule has 0 saturated heterocycles. The van der Waals surface area contributed by atoms with Gasteiger partial charge in [-0.2, -0.15) is 0 Å². The number of aromatic nitrogens is 2. The molecule has 3 aromatic rings. The highest BCUT2D eigenvalue weighted by Crippen LogP contribution is 2.24. The van der Waals surface area contributed by atoms with Crippen molar-refractivity contribution in [1.29, 1.82) is 0 Å². The van der Waals surface area contributed by atoms with Gasteiger partial charge in [-0.1, -0.05) is 63.1 Å². The maximum absolute atomic E-state index is 2.33. The molecule has 0 fully saturated rings. The second kappa shape index (κ2) is 9.43. The predicted molar refractivity (Wildman–Crippen MR) is 114 cm³/mol. The molecule has 0 radical (unpaired) electrons. The molecule has 0 aliphatic heterocycles. The first-order valence-electron chi connectivity index (χ1n) is 10.4.